The van der Waals surface area contributed by atoms with Gasteiger partial charge in [-0.1, -0.05) is 56.3 Å². The predicted molar refractivity (Wildman–Crippen MR) is 87.2 cm³/mol. The van der Waals surface area contributed by atoms with Gasteiger partial charge in [0.05, 0.1) is 0 Å². The maximum Gasteiger partial charge on any atom is 0.0473 e. The Morgan fingerprint density at radius 1 is 0.900 bits per heavy atom. The molecule has 0 aliphatic rings. The van der Waals surface area contributed by atoms with Crippen LogP contribution >= 0.6 is 0 Å². The highest BCUT2D eigenvalue weighted by molar-refractivity contribution is 5.45. The van der Waals surface area contributed by atoms with Crippen LogP contribution in [0.2, 0.25) is 0 Å². The minimum absolute atomic E-state index is 0.0291. The van der Waals surface area contributed by atoms with E-state index < -0.39 is 0 Å². The van der Waals surface area contributed by atoms with Crippen molar-refractivity contribution in [1.82, 2.24) is 0 Å². The van der Waals surface area contributed by atoms with Crippen LogP contribution in [0, 0.1) is 0 Å². The number of hydrogen-bond acceptors (Lipinski definition) is 2. The van der Waals surface area contributed by atoms with Crippen molar-refractivity contribution in [2.24, 2.45) is 5.73 Å². The number of anilines is 1. The fourth-order valence-corrected chi connectivity index (χ4v) is 2.32. The van der Waals surface area contributed by atoms with E-state index in [0.717, 1.165) is 6.54 Å². The largest absolute Gasteiger partial charge is 0.373 e. The van der Waals surface area contributed by atoms with E-state index in [0.29, 0.717) is 5.92 Å². The minimum atomic E-state index is 0.0291. The summed E-state index contributed by atoms with van der Waals surface area (Å²) in [6, 6.07) is 19.0. The number of nitrogens with zero attached hydrogens (tertiary/aromatic N) is 1. The lowest BCUT2D eigenvalue weighted by Gasteiger charge is -2.24. The third-order valence-electron chi connectivity index (χ3n) is 3.70. The van der Waals surface area contributed by atoms with Gasteiger partial charge < -0.3 is 10.6 Å². The van der Waals surface area contributed by atoms with E-state index in [2.05, 4.69) is 74.3 Å². The normalized spacial score (nSPS) is 12.4. The van der Waals surface area contributed by atoms with Crippen molar-refractivity contribution < 1.29 is 0 Å². The Morgan fingerprint density at radius 3 is 2.00 bits per heavy atom. The number of para-hydroxylation sites is 1. The van der Waals surface area contributed by atoms with Crippen molar-refractivity contribution in [3.63, 3.8) is 0 Å². The number of benzene rings is 2. The monoisotopic (exact) mass is 268 g/mol. The van der Waals surface area contributed by atoms with Crippen LogP contribution in [0.1, 0.15) is 36.9 Å². The summed E-state index contributed by atoms with van der Waals surface area (Å²) in [5.41, 5.74) is 10.1. The lowest BCUT2D eigenvalue weighted by atomic mass is 9.99. The maximum atomic E-state index is 6.32. The molecule has 2 nitrogen and oxygen atoms in total. The Labute approximate surface area is 122 Å². The lowest BCUT2D eigenvalue weighted by Crippen LogP contribution is -2.28. The molecule has 106 valence electrons. The van der Waals surface area contributed by atoms with Crippen LogP contribution in [0.3, 0.4) is 0 Å². The van der Waals surface area contributed by atoms with Gasteiger partial charge in [-0.15, -0.1) is 0 Å². The number of hydrogen-bond donors (Lipinski definition) is 1. The molecule has 0 aromatic heterocycles. The quantitative estimate of drug-likeness (QED) is 0.889. The number of likely N-dealkylation sites (N-methyl/N-ethyl adjacent to an activating group) is 1. The summed E-state index contributed by atoms with van der Waals surface area (Å²) in [5.74, 6) is 0.562. The summed E-state index contributed by atoms with van der Waals surface area (Å²) in [6.45, 7) is 5.22. The average Bonchev–Trinajstić information content (AvgIpc) is 2.48. The zero-order valence-corrected chi connectivity index (χ0v) is 12.6. The van der Waals surface area contributed by atoms with Crippen molar-refractivity contribution in [2.45, 2.75) is 25.8 Å². The molecule has 1 atom stereocenters. The van der Waals surface area contributed by atoms with Gasteiger partial charge >= 0.3 is 0 Å². The van der Waals surface area contributed by atoms with Crippen molar-refractivity contribution in [3.8, 4) is 0 Å². The second-order valence-corrected chi connectivity index (χ2v) is 5.64. The van der Waals surface area contributed by atoms with Gasteiger partial charge in [0.1, 0.15) is 0 Å². The highest BCUT2D eigenvalue weighted by Crippen LogP contribution is 2.20. The summed E-state index contributed by atoms with van der Waals surface area (Å²) in [4.78, 5) is 2.20. The predicted octanol–water partition coefficient (Wildman–Crippen LogP) is 3.95. The highest BCUT2D eigenvalue weighted by Gasteiger charge is 2.10. The third-order valence-corrected chi connectivity index (χ3v) is 3.70. The maximum absolute atomic E-state index is 6.32. The molecule has 0 fully saturated rings. The van der Waals surface area contributed by atoms with Gasteiger partial charge in [0.15, 0.2) is 0 Å². The zero-order valence-electron chi connectivity index (χ0n) is 12.6. The molecule has 0 aliphatic heterocycles. The highest BCUT2D eigenvalue weighted by atomic mass is 15.1. The second-order valence-electron chi connectivity index (χ2n) is 5.64. The summed E-state index contributed by atoms with van der Waals surface area (Å²) >= 11 is 0. The van der Waals surface area contributed by atoms with E-state index in [1.165, 1.54) is 16.8 Å². The summed E-state index contributed by atoms with van der Waals surface area (Å²) in [5, 5.41) is 0. The molecule has 0 saturated heterocycles. The Hall–Kier alpha value is -1.80. The van der Waals surface area contributed by atoms with Crippen LogP contribution in [-0.4, -0.2) is 13.6 Å². The Balaban J connectivity index is 2.02. The molecule has 0 spiro atoms. The van der Waals surface area contributed by atoms with E-state index in [4.69, 9.17) is 5.73 Å². The topological polar surface area (TPSA) is 29.3 Å². The molecule has 0 radical (unpaired) electrons. The van der Waals surface area contributed by atoms with E-state index in [1.807, 2.05) is 6.07 Å². The van der Waals surface area contributed by atoms with Gasteiger partial charge in [0.2, 0.25) is 0 Å². The van der Waals surface area contributed by atoms with Crippen molar-refractivity contribution >= 4 is 5.69 Å². The molecular weight excluding hydrogens is 244 g/mol. The number of rotatable bonds is 5. The van der Waals surface area contributed by atoms with Crippen LogP contribution in [0.25, 0.3) is 0 Å². The van der Waals surface area contributed by atoms with E-state index >= 15 is 0 Å². The first-order chi connectivity index (χ1) is 9.58. The molecule has 0 amide bonds. The Morgan fingerprint density at radius 2 is 1.45 bits per heavy atom. The van der Waals surface area contributed by atoms with Gasteiger partial charge in [0, 0.05) is 25.3 Å². The number of nitrogens with two attached hydrogens (primary N) is 1. The van der Waals surface area contributed by atoms with Crippen molar-refractivity contribution in [1.29, 1.82) is 0 Å². The molecule has 1 unspecified atom stereocenters. The summed E-state index contributed by atoms with van der Waals surface area (Å²) < 4.78 is 0. The fourth-order valence-electron chi connectivity index (χ4n) is 2.32. The first-order valence-corrected chi connectivity index (χ1v) is 7.19. The minimum Gasteiger partial charge on any atom is -0.373 e. The van der Waals surface area contributed by atoms with Crippen LogP contribution in [0.4, 0.5) is 5.69 Å². The van der Waals surface area contributed by atoms with Crippen molar-refractivity contribution in [3.05, 3.63) is 65.7 Å². The third kappa shape index (κ3) is 3.61. The van der Waals surface area contributed by atoms with Crippen LogP contribution in [0.15, 0.2) is 54.6 Å². The van der Waals surface area contributed by atoms with Gasteiger partial charge in [0.25, 0.3) is 0 Å². The van der Waals surface area contributed by atoms with Crippen LogP contribution < -0.4 is 10.6 Å². The first-order valence-electron chi connectivity index (χ1n) is 7.19. The van der Waals surface area contributed by atoms with Gasteiger partial charge in [-0.2, -0.15) is 0 Å². The van der Waals surface area contributed by atoms with Crippen LogP contribution in [0.5, 0.6) is 0 Å². The molecule has 2 aromatic rings. The molecule has 20 heavy (non-hydrogen) atoms. The van der Waals surface area contributed by atoms with Gasteiger partial charge in [-0.05, 0) is 29.2 Å². The summed E-state index contributed by atoms with van der Waals surface area (Å²) in [6.07, 6.45) is 0. The zero-order chi connectivity index (χ0) is 14.5. The molecular formula is C18H24N2. The SMILES string of the molecule is CC(C)c1ccc(C(N)CN(C)c2ccccc2)cc1. The molecule has 2 rings (SSSR count). The molecule has 2 aromatic carbocycles. The molecule has 2 heteroatoms. The Kier molecular flexibility index (Phi) is 4.80. The average molecular weight is 268 g/mol. The van der Waals surface area contributed by atoms with Crippen molar-refractivity contribution in [2.75, 3.05) is 18.5 Å². The first kappa shape index (κ1) is 14.6. The fraction of sp³-hybridized carbons (Fsp3) is 0.333. The molecule has 2 N–H and O–H groups in total. The molecule has 0 saturated carbocycles. The Bertz CT molecular complexity index is 517. The standard InChI is InChI=1S/C18H24N2/c1-14(2)15-9-11-16(12-10-15)18(19)13-20(3)17-7-5-4-6-8-17/h4-12,14,18H,13,19H2,1-3H3. The lowest BCUT2D eigenvalue weighted by molar-refractivity contribution is 0.702. The van der Waals surface area contributed by atoms with E-state index in [1.54, 1.807) is 0 Å². The smallest absolute Gasteiger partial charge is 0.0473 e. The van der Waals surface area contributed by atoms with Gasteiger partial charge in [-0.3, -0.25) is 0 Å². The summed E-state index contributed by atoms with van der Waals surface area (Å²) in [7, 11) is 2.08. The second kappa shape index (κ2) is 6.58. The van der Waals surface area contributed by atoms with E-state index in [9.17, 15) is 0 Å². The molecule has 0 bridgehead atoms. The molecule has 0 aliphatic carbocycles. The van der Waals surface area contributed by atoms with Gasteiger partial charge in [-0.25, -0.2) is 0 Å². The molecule has 0 heterocycles. The van der Waals surface area contributed by atoms with E-state index in [-0.39, 0.29) is 6.04 Å². The van der Waals surface area contributed by atoms with Crippen LogP contribution in [-0.2, 0) is 0 Å².